The third kappa shape index (κ3) is 3.58. The second-order valence-electron chi connectivity index (χ2n) is 5.14. The van der Waals surface area contributed by atoms with Crippen LogP contribution < -0.4 is 0 Å². The molecule has 0 aromatic heterocycles. The van der Waals surface area contributed by atoms with Crippen LogP contribution in [0.2, 0.25) is 0 Å². The van der Waals surface area contributed by atoms with E-state index in [4.69, 9.17) is 0 Å². The number of hydrogen-bond donors (Lipinski definition) is 1. The summed E-state index contributed by atoms with van der Waals surface area (Å²) in [6.45, 7) is 6.47. The quantitative estimate of drug-likeness (QED) is 0.734. The van der Waals surface area contributed by atoms with Crippen molar-refractivity contribution in [3.63, 3.8) is 0 Å². The molecule has 1 fully saturated rings. The van der Waals surface area contributed by atoms with Crippen LogP contribution in [0.5, 0.6) is 0 Å². The monoisotopic (exact) mass is 199 g/mol. The Bertz CT molecular complexity index is 164. The average Bonchev–Trinajstić information content (AvgIpc) is 2.51. The number of nitrogens with zero attached hydrogens (tertiary/aromatic N) is 1. The number of rotatable bonds is 5. The maximum atomic E-state index is 10.2. The molecule has 2 heteroatoms. The molecule has 0 aliphatic heterocycles. The highest BCUT2D eigenvalue weighted by molar-refractivity contribution is 4.86. The molecule has 1 rings (SSSR count). The van der Waals surface area contributed by atoms with Crippen LogP contribution >= 0.6 is 0 Å². The molecule has 0 spiro atoms. The van der Waals surface area contributed by atoms with Gasteiger partial charge in [0.25, 0.3) is 0 Å². The second-order valence-corrected chi connectivity index (χ2v) is 5.14. The molecule has 1 aliphatic rings. The van der Waals surface area contributed by atoms with Gasteiger partial charge in [-0.2, -0.15) is 0 Å². The molecule has 1 unspecified atom stereocenters. The van der Waals surface area contributed by atoms with Crippen molar-refractivity contribution in [1.29, 1.82) is 0 Å². The third-order valence-corrected chi connectivity index (χ3v) is 3.42. The molecule has 0 aromatic carbocycles. The van der Waals surface area contributed by atoms with Crippen LogP contribution in [0.1, 0.15) is 46.0 Å². The molecule has 1 atom stereocenters. The minimum absolute atomic E-state index is 0.373. The fourth-order valence-corrected chi connectivity index (χ4v) is 2.42. The van der Waals surface area contributed by atoms with Crippen LogP contribution in [0.4, 0.5) is 0 Å². The van der Waals surface area contributed by atoms with Gasteiger partial charge in [0.1, 0.15) is 0 Å². The predicted octanol–water partition coefficient (Wildman–Crippen LogP) is 2.27. The molecule has 0 bridgehead atoms. The first kappa shape index (κ1) is 12.0. The van der Waals surface area contributed by atoms with Crippen molar-refractivity contribution >= 4 is 0 Å². The van der Waals surface area contributed by atoms with Gasteiger partial charge in [-0.1, -0.05) is 33.1 Å². The first-order chi connectivity index (χ1) is 6.56. The Morgan fingerprint density at radius 3 is 2.43 bits per heavy atom. The van der Waals surface area contributed by atoms with Crippen molar-refractivity contribution in [2.75, 3.05) is 20.1 Å². The van der Waals surface area contributed by atoms with E-state index in [1.165, 1.54) is 19.3 Å². The molecule has 84 valence electrons. The minimum atomic E-state index is -0.373. The van der Waals surface area contributed by atoms with Crippen molar-refractivity contribution in [3.05, 3.63) is 0 Å². The number of likely N-dealkylation sites (N-methyl/N-ethyl adjacent to an activating group) is 1. The van der Waals surface area contributed by atoms with Gasteiger partial charge in [0.15, 0.2) is 0 Å². The van der Waals surface area contributed by atoms with E-state index < -0.39 is 0 Å². The average molecular weight is 199 g/mol. The molecule has 14 heavy (non-hydrogen) atoms. The van der Waals surface area contributed by atoms with E-state index in [1.807, 2.05) is 0 Å². The Morgan fingerprint density at radius 2 is 1.93 bits per heavy atom. The Hall–Kier alpha value is -0.0800. The number of aliphatic hydroxyl groups is 1. The topological polar surface area (TPSA) is 23.5 Å². The van der Waals surface area contributed by atoms with Gasteiger partial charge in [-0.25, -0.2) is 0 Å². The Labute approximate surface area is 88.3 Å². The highest BCUT2D eigenvalue weighted by atomic mass is 16.3. The Kier molecular flexibility index (Phi) is 4.39. The smallest absolute Gasteiger partial charge is 0.0774 e. The van der Waals surface area contributed by atoms with Crippen LogP contribution in [-0.4, -0.2) is 35.7 Å². The highest BCUT2D eigenvalue weighted by Crippen LogP contribution is 2.30. The fourth-order valence-electron chi connectivity index (χ4n) is 2.42. The Morgan fingerprint density at radius 1 is 1.36 bits per heavy atom. The van der Waals surface area contributed by atoms with Crippen LogP contribution in [0.25, 0.3) is 0 Å². The van der Waals surface area contributed by atoms with Crippen molar-refractivity contribution in [2.24, 2.45) is 5.92 Å². The summed E-state index contributed by atoms with van der Waals surface area (Å²) in [6.07, 6.45) is 5.62. The van der Waals surface area contributed by atoms with Crippen molar-refractivity contribution in [3.8, 4) is 0 Å². The molecule has 0 heterocycles. The fraction of sp³-hybridized carbons (Fsp3) is 1.00. The van der Waals surface area contributed by atoms with Crippen LogP contribution in [0.3, 0.4) is 0 Å². The maximum absolute atomic E-state index is 10.2. The molecule has 1 N–H and O–H groups in total. The zero-order valence-electron chi connectivity index (χ0n) is 9.92. The zero-order valence-corrected chi connectivity index (χ0v) is 9.92. The van der Waals surface area contributed by atoms with E-state index in [1.54, 1.807) is 0 Å². The first-order valence-corrected chi connectivity index (χ1v) is 5.96. The van der Waals surface area contributed by atoms with Crippen LogP contribution in [0.15, 0.2) is 0 Å². The number of hydrogen-bond acceptors (Lipinski definition) is 2. The summed E-state index contributed by atoms with van der Waals surface area (Å²) in [5, 5.41) is 10.2. The zero-order chi connectivity index (χ0) is 10.6. The molecule has 1 aliphatic carbocycles. The van der Waals surface area contributed by atoms with Crippen molar-refractivity contribution < 1.29 is 5.11 Å². The second kappa shape index (κ2) is 5.13. The Balaban J connectivity index is 2.28. The van der Waals surface area contributed by atoms with Crippen molar-refractivity contribution in [1.82, 2.24) is 4.90 Å². The lowest BCUT2D eigenvalue weighted by Gasteiger charge is -2.30. The van der Waals surface area contributed by atoms with E-state index >= 15 is 0 Å². The lowest BCUT2D eigenvalue weighted by Crippen LogP contribution is -2.40. The van der Waals surface area contributed by atoms with Gasteiger partial charge in [-0.05, 0) is 25.8 Å². The molecule has 0 radical (unpaired) electrons. The van der Waals surface area contributed by atoms with E-state index in [9.17, 15) is 5.11 Å². The van der Waals surface area contributed by atoms with E-state index in [-0.39, 0.29) is 5.60 Å². The summed E-state index contributed by atoms with van der Waals surface area (Å²) >= 11 is 0. The standard InChI is InChI=1S/C12H25NO/c1-4-11(2)9-13(3)10-12(14)7-5-6-8-12/h11,14H,4-10H2,1-3H3. The SMILES string of the molecule is CCC(C)CN(C)CC1(O)CCCC1. The maximum Gasteiger partial charge on any atom is 0.0774 e. The summed E-state index contributed by atoms with van der Waals surface area (Å²) in [6, 6.07) is 0. The van der Waals surface area contributed by atoms with Gasteiger partial charge in [0.2, 0.25) is 0 Å². The normalized spacial score (nSPS) is 22.9. The molecular formula is C12H25NO. The van der Waals surface area contributed by atoms with Crippen molar-refractivity contribution in [2.45, 2.75) is 51.6 Å². The predicted molar refractivity (Wildman–Crippen MR) is 60.4 cm³/mol. The summed E-state index contributed by atoms with van der Waals surface area (Å²) in [7, 11) is 2.13. The molecule has 1 saturated carbocycles. The highest BCUT2D eigenvalue weighted by Gasteiger charge is 2.32. The minimum Gasteiger partial charge on any atom is -0.389 e. The van der Waals surface area contributed by atoms with Gasteiger partial charge in [-0.15, -0.1) is 0 Å². The van der Waals surface area contributed by atoms with Crippen LogP contribution in [0, 0.1) is 5.92 Å². The van der Waals surface area contributed by atoms with Gasteiger partial charge in [-0.3, -0.25) is 0 Å². The summed E-state index contributed by atoms with van der Waals surface area (Å²) in [4.78, 5) is 2.29. The van der Waals surface area contributed by atoms with E-state index in [0.29, 0.717) is 0 Å². The lowest BCUT2D eigenvalue weighted by molar-refractivity contribution is 0.0134. The lowest BCUT2D eigenvalue weighted by atomic mass is 10.0. The molecule has 0 aromatic rings. The van der Waals surface area contributed by atoms with Gasteiger partial charge >= 0.3 is 0 Å². The summed E-state index contributed by atoms with van der Waals surface area (Å²) in [5.41, 5.74) is -0.373. The van der Waals surface area contributed by atoms with Gasteiger partial charge in [0.05, 0.1) is 5.60 Å². The first-order valence-electron chi connectivity index (χ1n) is 5.96. The largest absolute Gasteiger partial charge is 0.389 e. The van der Waals surface area contributed by atoms with Gasteiger partial charge < -0.3 is 10.0 Å². The van der Waals surface area contributed by atoms with E-state index in [2.05, 4.69) is 25.8 Å². The molecule has 2 nitrogen and oxygen atoms in total. The molecule has 0 amide bonds. The van der Waals surface area contributed by atoms with Crippen LogP contribution in [-0.2, 0) is 0 Å². The van der Waals surface area contributed by atoms with Gasteiger partial charge in [0, 0.05) is 13.1 Å². The molecular weight excluding hydrogens is 174 g/mol. The van der Waals surface area contributed by atoms with E-state index in [0.717, 1.165) is 31.8 Å². The summed E-state index contributed by atoms with van der Waals surface area (Å²) < 4.78 is 0. The third-order valence-electron chi connectivity index (χ3n) is 3.42. The summed E-state index contributed by atoms with van der Waals surface area (Å²) in [5.74, 6) is 0.741. The molecule has 0 saturated heterocycles.